The van der Waals surface area contributed by atoms with Crippen LogP contribution in [0, 0.1) is 11.3 Å². The molecule has 0 fully saturated rings. The number of hydrogen-bond acceptors (Lipinski definition) is 3. The highest BCUT2D eigenvalue weighted by Gasteiger charge is 2.03. The van der Waals surface area contributed by atoms with Gasteiger partial charge < -0.3 is 4.74 Å². The first-order valence-electron chi connectivity index (χ1n) is 3.87. The lowest BCUT2D eigenvalue weighted by molar-refractivity contribution is 0.0811. The summed E-state index contributed by atoms with van der Waals surface area (Å²) < 4.78 is 4.79. The van der Waals surface area contributed by atoms with Crippen LogP contribution in [0.3, 0.4) is 0 Å². The molecule has 0 aliphatic carbocycles. The third-order valence-corrected chi connectivity index (χ3v) is 1.50. The second kappa shape index (κ2) is 5.07. The second-order valence-electron chi connectivity index (χ2n) is 2.44. The summed E-state index contributed by atoms with van der Waals surface area (Å²) in [5, 5.41) is 8.16. The summed E-state index contributed by atoms with van der Waals surface area (Å²) in [6.45, 7) is -0.0733. The Morgan fingerprint density at radius 3 is 2.69 bits per heavy atom. The lowest BCUT2D eigenvalue weighted by atomic mass is 10.1. The zero-order chi connectivity index (χ0) is 9.52. The average Bonchev–Trinajstić information content (AvgIpc) is 2.19. The van der Waals surface area contributed by atoms with Crippen molar-refractivity contribution in [1.29, 1.82) is 5.26 Å². The van der Waals surface area contributed by atoms with E-state index in [2.05, 4.69) is 0 Å². The molecule has 0 aliphatic rings. The molecule has 0 saturated heterocycles. The predicted molar refractivity (Wildman–Crippen MR) is 47.2 cm³/mol. The van der Waals surface area contributed by atoms with Gasteiger partial charge in [-0.05, 0) is 0 Å². The highest BCUT2D eigenvalue weighted by molar-refractivity contribution is 5.96. The number of carbonyl (C=O) groups is 1. The van der Waals surface area contributed by atoms with E-state index in [0.29, 0.717) is 5.56 Å². The van der Waals surface area contributed by atoms with Crippen molar-refractivity contribution in [2.24, 2.45) is 0 Å². The fourth-order valence-corrected chi connectivity index (χ4v) is 0.897. The van der Waals surface area contributed by atoms with Crippen LogP contribution >= 0.6 is 0 Å². The molecule has 0 radical (unpaired) electrons. The van der Waals surface area contributed by atoms with Crippen molar-refractivity contribution < 1.29 is 9.53 Å². The molecule has 1 aromatic carbocycles. The van der Waals surface area contributed by atoms with Crippen molar-refractivity contribution >= 4 is 5.78 Å². The minimum absolute atomic E-state index is 0.0302. The van der Waals surface area contributed by atoms with E-state index in [1.165, 1.54) is 0 Å². The molecular formula is C10H9NO2. The molecule has 0 unspecified atom stereocenters. The van der Waals surface area contributed by atoms with E-state index in [9.17, 15) is 4.79 Å². The van der Waals surface area contributed by atoms with E-state index < -0.39 is 0 Å². The average molecular weight is 175 g/mol. The number of benzene rings is 1. The molecule has 0 aromatic heterocycles. The van der Waals surface area contributed by atoms with Gasteiger partial charge in [-0.1, -0.05) is 30.3 Å². The summed E-state index contributed by atoms with van der Waals surface area (Å²) in [4.78, 5) is 11.3. The number of ketones is 1. The summed E-state index contributed by atoms with van der Waals surface area (Å²) in [5.74, 6) is -0.101. The summed E-state index contributed by atoms with van der Waals surface area (Å²) in [6, 6.07) is 10.7. The van der Waals surface area contributed by atoms with Crippen molar-refractivity contribution in [2.45, 2.75) is 0 Å². The molecular weight excluding hydrogens is 166 g/mol. The number of nitriles is 1. The molecule has 13 heavy (non-hydrogen) atoms. The molecule has 0 atom stereocenters. The minimum Gasteiger partial charge on any atom is -0.358 e. The molecule has 0 aliphatic heterocycles. The summed E-state index contributed by atoms with van der Waals surface area (Å²) in [6.07, 6.45) is 0. The SMILES string of the molecule is N#CCOCC(=O)c1ccccc1. The number of nitrogens with zero attached hydrogens (tertiary/aromatic N) is 1. The highest BCUT2D eigenvalue weighted by Crippen LogP contribution is 1.99. The van der Waals surface area contributed by atoms with E-state index in [1.54, 1.807) is 30.3 Å². The zero-order valence-corrected chi connectivity index (χ0v) is 7.06. The third kappa shape index (κ3) is 3.06. The maximum atomic E-state index is 11.3. The summed E-state index contributed by atoms with van der Waals surface area (Å²) in [5.41, 5.74) is 0.612. The second-order valence-corrected chi connectivity index (χ2v) is 2.44. The van der Waals surface area contributed by atoms with Crippen molar-refractivity contribution in [3.05, 3.63) is 35.9 Å². The van der Waals surface area contributed by atoms with Crippen LogP contribution in [0.1, 0.15) is 10.4 Å². The Labute approximate surface area is 76.6 Å². The van der Waals surface area contributed by atoms with Gasteiger partial charge in [0.05, 0.1) is 6.07 Å². The van der Waals surface area contributed by atoms with E-state index in [1.807, 2.05) is 6.07 Å². The monoisotopic (exact) mass is 175 g/mol. The Morgan fingerprint density at radius 1 is 1.38 bits per heavy atom. The number of Topliss-reactive ketones (excluding diaryl/α,β-unsaturated/α-hetero) is 1. The van der Waals surface area contributed by atoms with Gasteiger partial charge in [0.15, 0.2) is 5.78 Å². The van der Waals surface area contributed by atoms with Crippen LogP contribution in [0.5, 0.6) is 0 Å². The van der Waals surface area contributed by atoms with Gasteiger partial charge in [0.1, 0.15) is 13.2 Å². The van der Waals surface area contributed by atoms with Crippen molar-refractivity contribution in [3.8, 4) is 6.07 Å². The Kier molecular flexibility index (Phi) is 3.68. The lowest BCUT2D eigenvalue weighted by Gasteiger charge is -1.98. The summed E-state index contributed by atoms with van der Waals surface area (Å²) >= 11 is 0. The van der Waals surface area contributed by atoms with E-state index in [4.69, 9.17) is 10.00 Å². The summed E-state index contributed by atoms with van der Waals surface area (Å²) in [7, 11) is 0. The minimum atomic E-state index is -0.101. The maximum Gasteiger partial charge on any atom is 0.188 e. The predicted octanol–water partition coefficient (Wildman–Crippen LogP) is 1.41. The van der Waals surface area contributed by atoms with Crippen LogP contribution in [0.2, 0.25) is 0 Å². The first kappa shape index (κ1) is 9.43. The van der Waals surface area contributed by atoms with Crippen molar-refractivity contribution in [1.82, 2.24) is 0 Å². The molecule has 1 aromatic rings. The van der Waals surface area contributed by atoms with Crippen molar-refractivity contribution in [3.63, 3.8) is 0 Å². The van der Waals surface area contributed by atoms with Crippen LogP contribution in [-0.4, -0.2) is 19.0 Å². The molecule has 0 amide bonds. The molecule has 0 spiro atoms. The number of ether oxygens (including phenoxy) is 1. The van der Waals surface area contributed by atoms with Gasteiger partial charge in [-0.15, -0.1) is 0 Å². The molecule has 0 N–H and O–H groups in total. The maximum absolute atomic E-state index is 11.3. The Morgan fingerprint density at radius 2 is 2.08 bits per heavy atom. The molecule has 0 saturated carbocycles. The number of carbonyl (C=O) groups excluding carboxylic acids is 1. The molecule has 3 heteroatoms. The van der Waals surface area contributed by atoms with Crippen molar-refractivity contribution in [2.75, 3.05) is 13.2 Å². The van der Waals surface area contributed by atoms with E-state index in [0.717, 1.165) is 0 Å². The quantitative estimate of drug-likeness (QED) is 0.513. The highest BCUT2D eigenvalue weighted by atomic mass is 16.5. The van der Waals surface area contributed by atoms with Crippen LogP contribution in [-0.2, 0) is 4.74 Å². The van der Waals surface area contributed by atoms with Crippen LogP contribution in [0.25, 0.3) is 0 Å². The van der Waals surface area contributed by atoms with Gasteiger partial charge in [-0.2, -0.15) is 5.26 Å². The lowest BCUT2D eigenvalue weighted by Crippen LogP contribution is -2.08. The van der Waals surface area contributed by atoms with Gasteiger partial charge in [-0.25, -0.2) is 0 Å². The van der Waals surface area contributed by atoms with Gasteiger partial charge in [0.2, 0.25) is 0 Å². The van der Waals surface area contributed by atoms with Gasteiger partial charge in [-0.3, -0.25) is 4.79 Å². The Balaban J connectivity index is 2.46. The van der Waals surface area contributed by atoms with Gasteiger partial charge in [0.25, 0.3) is 0 Å². The fraction of sp³-hybridized carbons (Fsp3) is 0.200. The first-order chi connectivity index (χ1) is 6.34. The van der Waals surface area contributed by atoms with Crippen LogP contribution < -0.4 is 0 Å². The standard InChI is InChI=1S/C10H9NO2/c11-6-7-13-8-10(12)9-4-2-1-3-5-9/h1-5H,7-8H2. The Hall–Kier alpha value is -1.66. The topological polar surface area (TPSA) is 50.1 Å². The molecule has 1 rings (SSSR count). The number of rotatable bonds is 4. The molecule has 66 valence electrons. The van der Waals surface area contributed by atoms with Crippen LogP contribution in [0.4, 0.5) is 0 Å². The zero-order valence-electron chi connectivity index (χ0n) is 7.06. The van der Waals surface area contributed by atoms with Gasteiger partial charge >= 0.3 is 0 Å². The largest absolute Gasteiger partial charge is 0.358 e. The number of hydrogen-bond donors (Lipinski definition) is 0. The fourth-order valence-electron chi connectivity index (χ4n) is 0.897. The molecule has 0 heterocycles. The Bertz CT molecular complexity index is 313. The van der Waals surface area contributed by atoms with Crippen LogP contribution in [0.15, 0.2) is 30.3 Å². The molecule has 3 nitrogen and oxygen atoms in total. The normalized spacial score (nSPS) is 9.15. The third-order valence-electron chi connectivity index (χ3n) is 1.50. The van der Waals surface area contributed by atoms with E-state index >= 15 is 0 Å². The molecule has 0 bridgehead atoms. The van der Waals surface area contributed by atoms with Gasteiger partial charge in [0, 0.05) is 5.56 Å². The first-order valence-corrected chi connectivity index (χ1v) is 3.87. The van der Waals surface area contributed by atoms with E-state index in [-0.39, 0.29) is 19.0 Å². The smallest absolute Gasteiger partial charge is 0.188 e.